The van der Waals surface area contributed by atoms with Crippen LogP contribution in [0.2, 0.25) is 5.02 Å². The summed E-state index contributed by atoms with van der Waals surface area (Å²) in [7, 11) is -0.712. The van der Waals surface area contributed by atoms with Gasteiger partial charge in [-0.3, -0.25) is 19.3 Å². The molecular formula is C27H34BBrClN3O6. The Morgan fingerprint density at radius 1 is 1.08 bits per heavy atom. The summed E-state index contributed by atoms with van der Waals surface area (Å²) < 4.78 is 12.6. The van der Waals surface area contributed by atoms with Gasteiger partial charge in [-0.25, -0.2) is 0 Å². The molecule has 2 aromatic rings. The molecule has 0 aromatic heterocycles. The zero-order chi connectivity index (χ0) is 28.4. The Kier molecular flexibility index (Phi) is 12.3. The van der Waals surface area contributed by atoms with Crippen molar-refractivity contribution in [3.8, 4) is 0 Å². The maximum atomic E-state index is 13.7. The number of carboxylic acid groups (broad SMARTS) is 1. The monoisotopic (exact) mass is 621 g/mol. The molecule has 0 aliphatic carbocycles. The number of benzene rings is 2. The van der Waals surface area contributed by atoms with Crippen LogP contribution in [0.25, 0.3) is 0 Å². The SMILES string of the molecule is CC(C)C[C@H](NC(=O)[C@H](Cc1ccccc1)NC(=O)c1cc(Br)ccc1Cl)B1OCCN(CC(=O)O)CCO1. The fraction of sp³-hybridized carbons (Fsp3) is 0.444. The van der Waals surface area contributed by atoms with E-state index in [1.807, 2.05) is 44.2 Å². The van der Waals surface area contributed by atoms with Gasteiger partial charge in [0, 0.05) is 37.2 Å². The highest BCUT2D eigenvalue weighted by Gasteiger charge is 2.36. The minimum absolute atomic E-state index is 0.0909. The number of nitrogens with zero attached hydrogens (tertiary/aromatic N) is 1. The highest BCUT2D eigenvalue weighted by molar-refractivity contribution is 9.10. The Labute approximate surface area is 242 Å². The van der Waals surface area contributed by atoms with E-state index in [1.54, 1.807) is 23.1 Å². The lowest BCUT2D eigenvalue weighted by molar-refractivity contribution is -0.138. The summed E-state index contributed by atoms with van der Waals surface area (Å²) in [4.78, 5) is 39.7. The lowest BCUT2D eigenvalue weighted by Crippen LogP contribution is -2.57. The summed E-state index contributed by atoms with van der Waals surface area (Å²) in [5.41, 5.74) is 1.14. The van der Waals surface area contributed by atoms with Gasteiger partial charge in [0.15, 0.2) is 0 Å². The number of hydrogen-bond donors (Lipinski definition) is 3. The van der Waals surface area contributed by atoms with Crippen LogP contribution in [0.5, 0.6) is 0 Å². The van der Waals surface area contributed by atoms with Crippen LogP contribution in [0.3, 0.4) is 0 Å². The van der Waals surface area contributed by atoms with Crippen LogP contribution in [0.4, 0.5) is 0 Å². The predicted molar refractivity (Wildman–Crippen MR) is 154 cm³/mol. The Morgan fingerprint density at radius 3 is 2.36 bits per heavy atom. The first-order valence-electron chi connectivity index (χ1n) is 12.9. The number of carbonyl (C=O) groups excluding carboxylic acids is 2. The number of hydrogen-bond acceptors (Lipinski definition) is 6. The van der Waals surface area contributed by atoms with Gasteiger partial charge in [0.25, 0.3) is 5.91 Å². The molecule has 0 bridgehead atoms. The molecule has 1 fully saturated rings. The molecule has 3 rings (SSSR count). The fourth-order valence-corrected chi connectivity index (χ4v) is 4.90. The molecule has 0 spiro atoms. The average Bonchev–Trinajstić information content (AvgIpc) is 2.86. The molecule has 0 saturated carbocycles. The molecule has 2 aromatic carbocycles. The van der Waals surface area contributed by atoms with Crippen LogP contribution in [0.15, 0.2) is 53.0 Å². The van der Waals surface area contributed by atoms with Crippen molar-refractivity contribution in [1.82, 2.24) is 15.5 Å². The summed E-state index contributed by atoms with van der Waals surface area (Å²) >= 11 is 9.64. The van der Waals surface area contributed by atoms with Crippen LogP contribution >= 0.6 is 27.5 Å². The van der Waals surface area contributed by atoms with Gasteiger partial charge in [0.05, 0.1) is 23.1 Å². The highest BCUT2D eigenvalue weighted by atomic mass is 79.9. The molecule has 39 heavy (non-hydrogen) atoms. The molecule has 3 N–H and O–H groups in total. The number of nitrogens with one attached hydrogen (secondary N) is 2. The molecule has 2 amide bonds. The molecule has 1 aliphatic rings. The van der Waals surface area contributed by atoms with Crippen LogP contribution in [-0.4, -0.2) is 79.7 Å². The maximum Gasteiger partial charge on any atom is 0.480 e. The van der Waals surface area contributed by atoms with Crippen molar-refractivity contribution < 1.29 is 28.8 Å². The molecule has 12 heteroatoms. The van der Waals surface area contributed by atoms with Gasteiger partial charge >= 0.3 is 13.1 Å². The molecule has 210 valence electrons. The number of aliphatic carboxylic acids is 1. The number of amides is 2. The van der Waals surface area contributed by atoms with E-state index in [0.717, 1.165) is 5.56 Å². The Hall–Kier alpha value is -2.44. The number of rotatable bonds is 11. The standard InChI is InChI=1S/C27H34BBrClN3O6/c1-18(2)14-24(28-38-12-10-33(11-13-39-28)17-25(34)35)32-27(37)23(15-19-6-4-3-5-7-19)31-26(36)21-16-20(29)8-9-22(21)30/h3-9,16,18,23-24H,10-15,17H2,1-2H3,(H,31,36)(H,32,37)(H,34,35)/t23-,24-/m0/s1. The van der Waals surface area contributed by atoms with Crippen LogP contribution in [0.1, 0.15) is 36.2 Å². The second kappa shape index (κ2) is 15.4. The normalized spacial score (nSPS) is 16.2. The summed E-state index contributed by atoms with van der Waals surface area (Å²) in [5, 5.41) is 15.3. The quantitative estimate of drug-likeness (QED) is 0.329. The first-order chi connectivity index (χ1) is 18.6. The first-order valence-corrected chi connectivity index (χ1v) is 14.1. The van der Waals surface area contributed by atoms with E-state index in [9.17, 15) is 14.4 Å². The van der Waals surface area contributed by atoms with Gasteiger partial charge in [-0.2, -0.15) is 0 Å². The maximum absolute atomic E-state index is 13.7. The van der Waals surface area contributed by atoms with Gasteiger partial charge in [0.2, 0.25) is 5.91 Å². The highest BCUT2D eigenvalue weighted by Crippen LogP contribution is 2.21. The van der Waals surface area contributed by atoms with Crippen molar-refractivity contribution in [3.05, 3.63) is 69.2 Å². The predicted octanol–water partition coefficient (Wildman–Crippen LogP) is 3.44. The summed E-state index contributed by atoms with van der Waals surface area (Å²) in [6.07, 6.45) is 0.855. The molecule has 1 saturated heterocycles. The summed E-state index contributed by atoms with van der Waals surface area (Å²) in [5.74, 6) is -2.00. The van der Waals surface area contributed by atoms with Crippen LogP contribution in [-0.2, 0) is 25.3 Å². The minimum Gasteiger partial charge on any atom is -0.480 e. The van der Waals surface area contributed by atoms with E-state index in [-0.39, 0.29) is 48.6 Å². The van der Waals surface area contributed by atoms with Crippen molar-refractivity contribution in [2.45, 2.75) is 38.7 Å². The summed E-state index contributed by atoms with van der Waals surface area (Å²) in [6, 6.07) is 13.5. The lowest BCUT2D eigenvalue weighted by atomic mass is 9.73. The third kappa shape index (κ3) is 10.2. The molecule has 9 nitrogen and oxygen atoms in total. The van der Waals surface area contributed by atoms with E-state index in [0.29, 0.717) is 24.0 Å². The topological polar surface area (TPSA) is 117 Å². The molecular weight excluding hydrogens is 588 g/mol. The lowest BCUT2D eigenvalue weighted by Gasteiger charge is -2.31. The van der Waals surface area contributed by atoms with Crippen molar-refractivity contribution >= 4 is 52.4 Å². The van der Waals surface area contributed by atoms with E-state index in [4.69, 9.17) is 26.0 Å². The Bertz CT molecular complexity index is 1120. The van der Waals surface area contributed by atoms with Crippen molar-refractivity contribution in [1.29, 1.82) is 0 Å². The Morgan fingerprint density at radius 2 is 1.74 bits per heavy atom. The number of halogens is 2. The van der Waals surface area contributed by atoms with Gasteiger partial charge in [-0.15, -0.1) is 0 Å². The third-order valence-electron chi connectivity index (χ3n) is 6.20. The molecule has 1 heterocycles. The largest absolute Gasteiger partial charge is 0.480 e. The van der Waals surface area contributed by atoms with Gasteiger partial charge < -0.3 is 25.0 Å². The van der Waals surface area contributed by atoms with Crippen LogP contribution < -0.4 is 10.6 Å². The first kappa shape index (κ1) is 31.1. The van der Waals surface area contributed by atoms with E-state index in [1.165, 1.54) is 0 Å². The average molecular weight is 623 g/mol. The van der Waals surface area contributed by atoms with Crippen molar-refractivity contribution in [2.24, 2.45) is 5.92 Å². The third-order valence-corrected chi connectivity index (χ3v) is 7.02. The molecule has 2 atom stereocenters. The van der Waals surface area contributed by atoms with Crippen molar-refractivity contribution in [2.75, 3.05) is 32.8 Å². The number of carboxylic acids is 1. The van der Waals surface area contributed by atoms with Gasteiger partial charge in [0.1, 0.15) is 6.04 Å². The second-order valence-corrected chi connectivity index (χ2v) is 11.2. The second-order valence-electron chi connectivity index (χ2n) is 9.86. The molecule has 0 radical (unpaired) electrons. The summed E-state index contributed by atoms with van der Waals surface area (Å²) in [6.45, 7) is 5.38. The minimum atomic E-state index is -0.910. The van der Waals surface area contributed by atoms with Gasteiger partial charge in [-0.05, 0) is 36.1 Å². The Balaban J connectivity index is 1.76. The number of carbonyl (C=O) groups is 3. The zero-order valence-corrected chi connectivity index (χ0v) is 24.4. The zero-order valence-electron chi connectivity index (χ0n) is 22.1. The van der Waals surface area contributed by atoms with Crippen molar-refractivity contribution in [3.63, 3.8) is 0 Å². The van der Waals surface area contributed by atoms with E-state index < -0.39 is 31.0 Å². The van der Waals surface area contributed by atoms with Crippen LogP contribution in [0, 0.1) is 5.92 Å². The fourth-order valence-electron chi connectivity index (χ4n) is 4.33. The molecule has 0 unspecified atom stereocenters. The smallest absolute Gasteiger partial charge is 0.480 e. The molecule has 1 aliphatic heterocycles. The van der Waals surface area contributed by atoms with E-state index in [2.05, 4.69) is 26.6 Å². The van der Waals surface area contributed by atoms with Gasteiger partial charge in [-0.1, -0.05) is 71.7 Å². The van der Waals surface area contributed by atoms with E-state index >= 15 is 0 Å².